The molecule has 0 unspecified atom stereocenters. The highest BCUT2D eigenvalue weighted by Crippen LogP contribution is 2.13. The predicted octanol–water partition coefficient (Wildman–Crippen LogP) is 3.90. The Balaban J connectivity index is 3.39. The van der Waals surface area contributed by atoms with Crippen LogP contribution in [0, 0.1) is 0 Å². The lowest BCUT2D eigenvalue weighted by molar-refractivity contribution is -0.148. The van der Waals surface area contributed by atoms with Crippen molar-refractivity contribution in [2.75, 3.05) is 39.6 Å². The second-order valence-electron chi connectivity index (χ2n) is 9.60. The minimum absolute atomic E-state index is 0.0542. The monoisotopic (exact) mass is 506 g/mol. The average molecular weight is 507 g/mol. The van der Waals surface area contributed by atoms with E-state index in [-0.39, 0.29) is 39.0 Å². The maximum Gasteiger partial charge on any atom is 0.305 e. The molecule has 0 rings (SSSR count). The zero-order valence-corrected chi connectivity index (χ0v) is 22.2. The van der Waals surface area contributed by atoms with Gasteiger partial charge in [-0.1, -0.05) is 96.8 Å². The van der Waals surface area contributed by atoms with Gasteiger partial charge in [-0.2, -0.15) is 0 Å². The molecule has 0 aromatic heterocycles. The fourth-order valence-corrected chi connectivity index (χ4v) is 3.73. The Hall–Kier alpha value is -0.770. The van der Waals surface area contributed by atoms with Crippen LogP contribution in [0.15, 0.2) is 0 Å². The number of carbonyl (C=O) groups excluding carboxylic acids is 1. The van der Waals surface area contributed by atoms with Gasteiger partial charge in [0, 0.05) is 6.42 Å². The quantitative estimate of drug-likeness (QED) is 0.0976. The lowest BCUT2D eigenvalue weighted by atomic mass is 10.0. The number of hydrogen-bond acceptors (Lipinski definition) is 8. The SMILES string of the molecule is CCCCCCCCCCCCCCCCCC(=O)OC[C@@H](O)COC[C@H](O)COC[C@@H](O)CO. The van der Waals surface area contributed by atoms with Crippen molar-refractivity contribution in [1.29, 1.82) is 0 Å². The summed E-state index contributed by atoms with van der Waals surface area (Å²) in [5.41, 5.74) is 0. The Morgan fingerprint density at radius 1 is 0.571 bits per heavy atom. The first kappa shape index (κ1) is 34.2. The van der Waals surface area contributed by atoms with Crippen molar-refractivity contribution < 1.29 is 39.4 Å². The van der Waals surface area contributed by atoms with Crippen molar-refractivity contribution in [2.24, 2.45) is 0 Å². The van der Waals surface area contributed by atoms with Crippen LogP contribution < -0.4 is 0 Å². The van der Waals surface area contributed by atoms with Gasteiger partial charge in [0.25, 0.3) is 0 Å². The molecule has 0 heterocycles. The van der Waals surface area contributed by atoms with Crippen LogP contribution >= 0.6 is 0 Å². The summed E-state index contributed by atoms with van der Waals surface area (Å²) in [6.45, 7) is 1.46. The molecule has 0 aliphatic rings. The molecule has 8 nitrogen and oxygen atoms in total. The van der Waals surface area contributed by atoms with E-state index in [2.05, 4.69) is 6.92 Å². The number of aliphatic hydroxyl groups is 4. The Morgan fingerprint density at radius 3 is 1.37 bits per heavy atom. The van der Waals surface area contributed by atoms with Crippen molar-refractivity contribution in [2.45, 2.75) is 128 Å². The smallest absolute Gasteiger partial charge is 0.305 e. The number of unbranched alkanes of at least 4 members (excludes halogenated alkanes) is 14. The third-order valence-corrected chi connectivity index (χ3v) is 5.87. The van der Waals surface area contributed by atoms with E-state index in [9.17, 15) is 15.0 Å². The highest BCUT2D eigenvalue weighted by atomic mass is 16.6. The van der Waals surface area contributed by atoms with E-state index >= 15 is 0 Å². The van der Waals surface area contributed by atoms with E-state index in [0.717, 1.165) is 19.3 Å². The molecule has 0 radical (unpaired) electrons. The van der Waals surface area contributed by atoms with Crippen molar-refractivity contribution in [3.63, 3.8) is 0 Å². The topological polar surface area (TPSA) is 126 Å². The maximum atomic E-state index is 11.8. The van der Waals surface area contributed by atoms with E-state index in [4.69, 9.17) is 24.4 Å². The molecule has 0 saturated heterocycles. The normalized spacial score (nSPS) is 14.1. The minimum atomic E-state index is -0.978. The van der Waals surface area contributed by atoms with Gasteiger partial charge in [-0.15, -0.1) is 0 Å². The van der Waals surface area contributed by atoms with Gasteiger partial charge in [0.15, 0.2) is 0 Å². The molecule has 0 aliphatic carbocycles. The summed E-state index contributed by atoms with van der Waals surface area (Å²) in [6.07, 6.45) is 16.7. The molecule has 0 aromatic carbocycles. The summed E-state index contributed by atoms with van der Waals surface area (Å²) in [5.74, 6) is -0.311. The van der Waals surface area contributed by atoms with Crippen LogP contribution in [-0.2, 0) is 19.0 Å². The number of hydrogen-bond donors (Lipinski definition) is 4. The zero-order valence-electron chi connectivity index (χ0n) is 22.2. The number of carbonyl (C=O) groups is 1. The van der Waals surface area contributed by atoms with Gasteiger partial charge in [0.1, 0.15) is 24.9 Å². The van der Waals surface area contributed by atoms with Crippen LogP contribution in [0.5, 0.6) is 0 Å². The maximum absolute atomic E-state index is 11.8. The number of esters is 1. The first-order valence-corrected chi connectivity index (χ1v) is 14.0. The van der Waals surface area contributed by atoms with Gasteiger partial charge >= 0.3 is 5.97 Å². The molecule has 0 bridgehead atoms. The molecule has 3 atom stereocenters. The molecule has 0 aliphatic heterocycles. The fraction of sp³-hybridized carbons (Fsp3) is 0.963. The van der Waals surface area contributed by atoms with Crippen LogP contribution in [0.4, 0.5) is 0 Å². The Bertz CT molecular complexity index is 449. The molecule has 0 saturated carbocycles. The second-order valence-corrected chi connectivity index (χ2v) is 9.60. The van der Waals surface area contributed by atoms with Crippen LogP contribution in [0.1, 0.15) is 110 Å². The lowest BCUT2D eigenvalue weighted by Crippen LogP contribution is -2.29. The van der Waals surface area contributed by atoms with E-state index in [1.165, 1.54) is 77.0 Å². The largest absolute Gasteiger partial charge is 0.463 e. The molecular weight excluding hydrogens is 452 g/mol. The molecule has 0 amide bonds. The van der Waals surface area contributed by atoms with Crippen molar-refractivity contribution in [3.8, 4) is 0 Å². The minimum Gasteiger partial charge on any atom is -0.463 e. The summed E-state index contributed by atoms with van der Waals surface area (Å²) in [5, 5.41) is 37.3. The van der Waals surface area contributed by atoms with Crippen molar-refractivity contribution >= 4 is 5.97 Å². The molecule has 4 N–H and O–H groups in total. The van der Waals surface area contributed by atoms with Crippen molar-refractivity contribution in [1.82, 2.24) is 0 Å². The molecule has 8 heteroatoms. The van der Waals surface area contributed by atoms with Crippen LogP contribution in [0.2, 0.25) is 0 Å². The standard InChI is InChI=1S/C27H54O8/c1-2-3-4-5-6-7-8-9-10-11-12-13-14-15-16-17-27(32)35-23-26(31)22-34-21-25(30)20-33-19-24(29)18-28/h24-26,28-31H,2-23H2,1H3/t24-,25+,26-/m0/s1. The van der Waals surface area contributed by atoms with Gasteiger partial charge in [-0.05, 0) is 6.42 Å². The Kier molecular flexibility index (Phi) is 25.7. The molecule has 210 valence electrons. The van der Waals surface area contributed by atoms with Gasteiger partial charge in [-0.25, -0.2) is 0 Å². The first-order chi connectivity index (χ1) is 17.0. The fourth-order valence-electron chi connectivity index (χ4n) is 3.73. The van der Waals surface area contributed by atoms with Gasteiger partial charge in [-0.3, -0.25) is 4.79 Å². The van der Waals surface area contributed by atoms with E-state index < -0.39 is 24.9 Å². The zero-order chi connectivity index (χ0) is 26.0. The third kappa shape index (κ3) is 26.1. The summed E-state index contributed by atoms with van der Waals surface area (Å²) in [7, 11) is 0. The molecule has 35 heavy (non-hydrogen) atoms. The highest BCUT2D eigenvalue weighted by Gasteiger charge is 2.12. The van der Waals surface area contributed by atoms with Gasteiger partial charge in [0.05, 0.1) is 33.0 Å². The van der Waals surface area contributed by atoms with E-state index in [0.29, 0.717) is 6.42 Å². The van der Waals surface area contributed by atoms with E-state index in [1.807, 2.05) is 0 Å². The van der Waals surface area contributed by atoms with Gasteiger partial charge in [0.2, 0.25) is 0 Å². The highest BCUT2D eigenvalue weighted by molar-refractivity contribution is 5.69. The first-order valence-electron chi connectivity index (χ1n) is 14.0. The Labute approximate surface area is 213 Å². The number of ether oxygens (including phenoxy) is 3. The van der Waals surface area contributed by atoms with Crippen LogP contribution in [0.25, 0.3) is 0 Å². The summed E-state index contributed by atoms with van der Waals surface area (Å²) in [6, 6.07) is 0. The predicted molar refractivity (Wildman–Crippen MR) is 137 cm³/mol. The molecule has 0 spiro atoms. The number of aliphatic hydroxyl groups excluding tert-OH is 4. The summed E-state index contributed by atoms with van der Waals surface area (Å²) in [4.78, 5) is 11.8. The van der Waals surface area contributed by atoms with Crippen LogP contribution in [0.3, 0.4) is 0 Å². The summed E-state index contributed by atoms with van der Waals surface area (Å²) < 4.78 is 15.3. The van der Waals surface area contributed by atoms with Gasteiger partial charge < -0.3 is 34.6 Å². The van der Waals surface area contributed by atoms with Crippen molar-refractivity contribution in [3.05, 3.63) is 0 Å². The number of rotatable bonds is 27. The summed E-state index contributed by atoms with van der Waals surface area (Å²) >= 11 is 0. The molecule has 0 aromatic rings. The molecular formula is C27H54O8. The third-order valence-electron chi connectivity index (χ3n) is 5.87. The second kappa shape index (κ2) is 26.3. The lowest BCUT2D eigenvalue weighted by Gasteiger charge is -2.15. The Morgan fingerprint density at radius 2 is 0.943 bits per heavy atom. The van der Waals surface area contributed by atoms with Crippen LogP contribution in [-0.4, -0.2) is 84.3 Å². The van der Waals surface area contributed by atoms with E-state index in [1.54, 1.807) is 0 Å². The average Bonchev–Trinajstić information content (AvgIpc) is 2.85. The molecule has 0 fully saturated rings.